The third-order valence-corrected chi connectivity index (χ3v) is 5.29. The lowest BCUT2D eigenvalue weighted by Crippen LogP contribution is -2.15. The van der Waals surface area contributed by atoms with Crippen molar-refractivity contribution in [2.75, 3.05) is 158 Å². The summed E-state index contributed by atoms with van der Waals surface area (Å²) >= 11 is 1.26. The first-order valence-corrected chi connectivity index (χ1v) is 14.9. The molecule has 0 rings (SSSR count). The van der Waals surface area contributed by atoms with Gasteiger partial charge in [-0.3, -0.25) is 4.79 Å². The second-order valence-corrected chi connectivity index (χ2v) is 9.14. The Bertz CT molecular complexity index is 497. The van der Waals surface area contributed by atoms with Crippen LogP contribution in [-0.2, 0) is 56.9 Å². The molecule has 240 valence electrons. The van der Waals surface area contributed by atoms with Crippen LogP contribution >= 0.6 is 11.8 Å². The van der Waals surface area contributed by atoms with Gasteiger partial charge in [-0.15, -0.1) is 0 Å². The number of hydrogen-bond acceptors (Lipinski definition) is 14. The summed E-state index contributed by atoms with van der Waals surface area (Å²) in [6, 6.07) is 0. The Kier molecular flexibility index (Phi) is 36.1. The van der Waals surface area contributed by atoms with E-state index in [1.807, 2.05) is 0 Å². The van der Waals surface area contributed by atoms with E-state index in [0.717, 1.165) is 0 Å². The number of nitrogens with two attached hydrogens (primary N) is 1. The van der Waals surface area contributed by atoms with Crippen LogP contribution in [-0.4, -0.2) is 163 Å². The Morgan fingerprint density at radius 2 is 0.600 bits per heavy atom. The van der Waals surface area contributed by atoms with Crippen LogP contribution in [0.1, 0.15) is 6.92 Å². The molecule has 0 heterocycles. The molecule has 0 fully saturated rings. The Hall–Kier alpha value is -0.460. The number of rotatable bonds is 35. The summed E-state index contributed by atoms with van der Waals surface area (Å²) in [5.74, 6) is 0.675. The molecule has 0 bridgehead atoms. The van der Waals surface area contributed by atoms with Crippen molar-refractivity contribution in [3.8, 4) is 0 Å². The van der Waals surface area contributed by atoms with Crippen molar-refractivity contribution < 1.29 is 56.9 Å². The number of thioether (sulfide) groups is 1. The van der Waals surface area contributed by atoms with Gasteiger partial charge in [0.1, 0.15) is 0 Å². The standard InChI is InChI=1S/C26H53NO12S/c1-26(28)40-25-24-39-23-22-38-21-20-37-19-18-36-17-16-35-15-14-34-13-12-33-11-10-32-9-8-31-7-6-30-5-4-29-3-2-27/h2-25,27H2,1H3. The Labute approximate surface area is 244 Å². The maximum atomic E-state index is 10.8. The summed E-state index contributed by atoms with van der Waals surface area (Å²) < 4.78 is 59.4. The maximum absolute atomic E-state index is 10.8. The minimum absolute atomic E-state index is 0.105. The molecule has 0 saturated heterocycles. The molecule has 0 spiro atoms. The SMILES string of the molecule is CC(=O)SCCOCCOCCOCCOCCOCCOCCOCCOCCOCCOCCOCCN. The van der Waals surface area contributed by atoms with Crippen molar-refractivity contribution in [3.05, 3.63) is 0 Å². The first-order valence-electron chi connectivity index (χ1n) is 14.0. The summed E-state index contributed by atoms with van der Waals surface area (Å²) in [4.78, 5) is 10.8. The molecule has 0 atom stereocenters. The van der Waals surface area contributed by atoms with E-state index in [9.17, 15) is 4.79 Å². The van der Waals surface area contributed by atoms with Gasteiger partial charge in [0.2, 0.25) is 0 Å². The molecule has 0 radical (unpaired) electrons. The molecule has 0 aromatic carbocycles. The largest absolute Gasteiger partial charge is 0.378 e. The average Bonchev–Trinajstić information content (AvgIpc) is 2.95. The van der Waals surface area contributed by atoms with E-state index in [0.29, 0.717) is 158 Å². The second-order valence-electron chi connectivity index (χ2n) is 7.86. The summed E-state index contributed by atoms with van der Waals surface area (Å²) in [5.41, 5.74) is 5.32. The number of carbonyl (C=O) groups excluding carboxylic acids is 1. The van der Waals surface area contributed by atoms with Gasteiger partial charge in [-0.25, -0.2) is 0 Å². The minimum atomic E-state index is 0.105. The molecule has 0 unspecified atom stereocenters. The number of hydrogen-bond donors (Lipinski definition) is 1. The van der Waals surface area contributed by atoms with E-state index >= 15 is 0 Å². The maximum Gasteiger partial charge on any atom is 0.185 e. The number of ether oxygens (including phenoxy) is 11. The van der Waals surface area contributed by atoms with Gasteiger partial charge in [-0.1, -0.05) is 11.8 Å². The van der Waals surface area contributed by atoms with Crippen molar-refractivity contribution in [3.63, 3.8) is 0 Å². The normalized spacial score (nSPS) is 11.4. The molecular formula is C26H53NO12S. The van der Waals surface area contributed by atoms with Crippen molar-refractivity contribution in [1.29, 1.82) is 0 Å². The molecule has 0 aromatic heterocycles. The van der Waals surface area contributed by atoms with E-state index in [2.05, 4.69) is 0 Å². The third-order valence-electron chi connectivity index (χ3n) is 4.52. The van der Waals surface area contributed by atoms with Crippen LogP contribution in [0.3, 0.4) is 0 Å². The predicted octanol–water partition coefficient (Wildman–Crippen LogP) is 0.407. The van der Waals surface area contributed by atoms with Crippen molar-refractivity contribution >= 4 is 16.9 Å². The van der Waals surface area contributed by atoms with Crippen LogP contribution in [0.5, 0.6) is 0 Å². The van der Waals surface area contributed by atoms with Crippen LogP contribution in [0.2, 0.25) is 0 Å². The van der Waals surface area contributed by atoms with Crippen molar-refractivity contribution in [2.24, 2.45) is 5.73 Å². The minimum Gasteiger partial charge on any atom is -0.378 e. The van der Waals surface area contributed by atoms with Crippen LogP contribution in [0, 0.1) is 0 Å². The molecule has 40 heavy (non-hydrogen) atoms. The van der Waals surface area contributed by atoms with Gasteiger partial charge in [0.15, 0.2) is 5.12 Å². The highest BCUT2D eigenvalue weighted by Gasteiger charge is 1.97. The van der Waals surface area contributed by atoms with Gasteiger partial charge >= 0.3 is 0 Å². The van der Waals surface area contributed by atoms with Crippen LogP contribution in [0.4, 0.5) is 0 Å². The van der Waals surface area contributed by atoms with Crippen LogP contribution in [0.15, 0.2) is 0 Å². The zero-order valence-electron chi connectivity index (χ0n) is 24.4. The summed E-state index contributed by atoms with van der Waals surface area (Å²) in [7, 11) is 0. The van der Waals surface area contributed by atoms with Crippen LogP contribution < -0.4 is 5.73 Å². The fourth-order valence-electron chi connectivity index (χ4n) is 2.63. The van der Waals surface area contributed by atoms with E-state index in [-0.39, 0.29) is 5.12 Å². The molecule has 0 aliphatic heterocycles. The van der Waals surface area contributed by atoms with Gasteiger partial charge < -0.3 is 57.8 Å². The molecule has 0 aliphatic rings. The lowest BCUT2D eigenvalue weighted by molar-refractivity contribution is -0.109. The summed E-state index contributed by atoms with van der Waals surface area (Å²) in [6.45, 7) is 13.5. The molecule has 2 N–H and O–H groups in total. The zero-order chi connectivity index (χ0) is 29.0. The lowest BCUT2D eigenvalue weighted by atomic mass is 10.6. The van der Waals surface area contributed by atoms with E-state index in [1.165, 1.54) is 11.8 Å². The number of carbonyl (C=O) groups is 1. The lowest BCUT2D eigenvalue weighted by Gasteiger charge is -2.09. The van der Waals surface area contributed by atoms with E-state index in [1.54, 1.807) is 6.92 Å². The highest BCUT2D eigenvalue weighted by atomic mass is 32.2. The van der Waals surface area contributed by atoms with Crippen molar-refractivity contribution in [2.45, 2.75) is 6.92 Å². The summed E-state index contributed by atoms with van der Waals surface area (Å²) in [5, 5.41) is 0.105. The Morgan fingerprint density at radius 3 is 0.800 bits per heavy atom. The smallest absolute Gasteiger partial charge is 0.185 e. The second kappa shape index (κ2) is 36.6. The predicted molar refractivity (Wildman–Crippen MR) is 151 cm³/mol. The molecule has 14 heteroatoms. The van der Waals surface area contributed by atoms with Gasteiger partial charge in [0.05, 0.1) is 145 Å². The first kappa shape index (κ1) is 39.5. The van der Waals surface area contributed by atoms with Crippen molar-refractivity contribution in [1.82, 2.24) is 0 Å². The Morgan fingerprint density at radius 1 is 0.400 bits per heavy atom. The highest BCUT2D eigenvalue weighted by Crippen LogP contribution is 1.99. The highest BCUT2D eigenvalue weighted by molar-refractivity contribution is 8.13. The average molecular weight is 604 g/mol. The fraction of sp³-hybridized carbons (Fsp3) is 0.962. The van der Waals surface area contributed by atoms with Gasteiger partial charge in [0, 0.05) is 19.2 Å². The summed E-state index contributed by atoms with van der Waals surface area (Å²) in [6.07, 6.45) is 0. The van der Waals surface area contributed by atoms with E-state index in [4.69, 9.17) is 57.8 Å². The monoisotopic (exact) mass is 603 g/mol. The zero-order valence-corrected chi connectivity index (χ0v) is 25.2. The quantitative estimate of drug-likeness (QED) is 0.0998. The van der Waals surface area contributed by atoms with Crippen LogP contribution in [0.25, 0.3) is 0 Å². The van der Waals surface area contributed by atoms with Gasteiger partial charge in [-0.05, 0) is 0 Å². The molecular weight excluding hydrogens is 550 g/mol. The van der Waals surface area contributed by atoms with Gasteiger partial charge in [-0.2, -0.15) is 0 Å². The first-order chi connectivity index (χ1) is 19.8. The fourth-order valence-corrected chi connectivity index (χ4v) is 3.12. The molecule has 0 saturated carbocycles. The Balaban J connectivity index is 3.03. The van der Waals surface area contributed by atoms with Gasteiger partial charge in [0.25, 0.3) is 0 Å². The molecule has 0 amide bonds. The molecule has 0 aromatic rings. The molecule has 13 nitrogen and oxygen atoms in total. The third kappa shape index (κ3) is 37.5. The topological polar surface area (TPSA) is 145 Å². The molecule has 0 aliphatic carbocycles. The van der Waals surface area contributed by atoms with E-state index < -0.39 is 0 Å².